The van der Waals surface area contributed by atoms with Crippen LogP contribution >= 0.6 is 0 Å². The lowest BCUT2D eigenvalue weighted by Crippen LogP contribution is -2.34. The summed E-state index contributed by atoms with van der Waals surface area (Å²) in [6.45, 7) is 5.86. The van der Waals surface area contributed by atoms with Gasteiger partial charge in [0, 0.05) is 12.6 Å². The molecule has 1 fully saturated rings. The molecule has 0 spiro atoms. The van der Waals surface area contributed by atoms with Gasteiger partial charge in [0.2, 0.25) is 0 Å². The van der Waals surface area contributed by atoms with Gasteiger partial charge < -0.3 is 14.8 Å². The number of hydrogen-bond donors (Lipinski definition) is 1. The molecule has 1 aromatic carbocycles. The second-order valence-corrected chi connectivity index (χ2v) is 4.88. The van der Waals surface area contributed by atoms with Gasteiger partial charge in [-0.3, -0.25) is 0 Å². The second-order valence-electron chi connectivity index (χ2n) is 4.88. The van der Waals surface area contributed by atoms with Crippen molar-refractivity contribution in [1.29, 1.82) is 0 Å². The first-order chi connectivity index (χ1) is 8.86. The fourth-order valence-electron chi connectivity index (χ4n) is 2.22. The van der Waals surface area contributed by atoms with E-state index in [2.05, 4.69) is 12.2 Å². The number of benzene rings is 1. The van der Waals surface area contributed by atoms with Gasteiger partial charge in [0.15, 0.2) is 0 Å². The Balaban J connectivity index is 1.53. The molecule has 0 aromatic heterocycles. The van der Waals surface area contributed by atoms with Crippen LogP contribution in [0, 0.1) is 5.92 Å². The number of para-hydroxylation sites is 1. The Morgan fingerprint density at radius 3 is 2.94 bits per heavy atom. The van der Waals surface area contributed by atoms with Gasteiger partial charge >= 0.3 is 0 Å². The van der Waals surface area contributed by atoms with E-state index in [1.807, 2.05) is 30.3 Å². The molecule has 1 saturated heterocycles. The van der Waals surface area contributed by atoms with Gasteiger partial charge in [0.05, 0.1) is 13.2 Å². The molecule has 3 nitrogen and oxygen atoms in total. The molecule has 0 aliphatic carbocycles. The van der Waals surface area contributed by atoms with Crippen molar-refractivity contribution >= 4 is 0 Å². The molecule has 0 saturated carbocycles. The molecule has 1 aliphatic rings. The van der Waals surface area contributed by atoms with Crippen molar-refractivity contribution in [2.45, 2.75) is 25.8 Å². The third-order valence-corrected chi connectivity index (χ3v) is 3.47. The molecular formula is C15H23NO2. The SMILES string of the molecule is CC(NCCCOc1ccccc1)C1CCOC1. The molecule has 1 N–H and O–H groups in total. The van der Waals surface area contributed by atoms with Crippen molar-refractivity contribution in [2.75, 3.05) is 26.4 Å². The summed E-state index contributed by atoms with van der Waals surface area (Å²) in [6, 6.07) is 10.5. The number of ether oxygens (including phenoxy) is 2. The first kappa shape index (κ1) is 13.4. The zero-order valence-corrected chi connectivity index (χ0v) is 11.1. The van der Waals surface area contributed by atoms with E-state index in [1.165, 1.54) is 6.42 Å². The number of nitrogens with one attached hydrogen (secondary N) is 1. The maximum absolute atomic E-state index is 5.65. The highest BCUT2D eigenvalue weighted by Crippen LogP contribution is 2.16. The zero-order valence-electron chi connectivity index (χ0n) is 11.1. The van der Waals surface area contributed by atoms with Gasteiger partial charge in [-0.05, 0) is 44.4 Å². The average molecular weight is 249 g/mol. The summed E-state index contributed by atoms with van der Waals surface area (Å²) in [6.07, 6.45) is 2.22. The number of rotatable bonds is 7. The Bertz CT molecular complexity index is 323. The zero-order chi connectivity index (χ0) is 12.6. The Morgan fingerprint density at radius 2 is 2.22 bits per heavy atom. The molecule has 2 unspecified atom stereocenters. The van der Waals surface area contributed by atoms with Crippen molar-refractivity contribution in [3.63, 3.8) is 0 Å². The van der Waals surface area contributed by atoms with E-state index in [-0.39, 0.29) is 0 Å². The van der Waals surface area contributed by atoms with Gasteiger partial charge in [0.1, 0.15) is 5.75 Å². The second kappa shape index (κ2) is 7.39. The number of hydrogen-bond acceptors (Lipinski definition) is 3. The third kappa shape index (κ3) is 4.31. The summed E-state index contributed by atoms with van der Waals surface area (Å²) in [5.41, 5.74) is 0. The Hall–Kier alpha value is -1.06. The summed E-state index contributed by atoms with van der Waals surface area (Å²) >= 11 is 0. The topological polar surface area (TPSA) is 30.5 Å². The first-order valence-electron chi connectivity index (χ1n) is 6.85. The van der Waals surface area contributed by atoms with Gasteiger partial charge in [-0.2, -0.15) is 0 Å². The maximum atomic E-state index is 5.65. The van der Waals surface area contributed by atoms with Crippen LogP contribution in [0.3, 0.4) is 0 Å². The average Bonchev–Trinajstić information content (AvgIpc) is 2.93. The quantitative estimate of drug-likeness (QED) is 0.753. The molecule has 2 atom stereocenters. The van der Waals surface area contributed by atoms with Crippen LogP contribution in [0.5, 0.6) is 5.75 Å². The van der Waals surface area contributed by atoms with Crippen LogP contribution in [-0.2, 0) is 4.74 Å². The van der Waals surface area contributed by atoms with Crippen LogP contribution < -0.4 is 10.1 Å². The standard InChI is InChI=1S/C15H23NO2/c1-13(14-8-11-17-12-14)16-9-5-10-18-15-6-3-2-4-7-15/h2-4,6-7,13-14,16H,5,8-12H2,1H3. The molecule has 18 heavy (non-hydrogen) atoms. The maximum Gasteiger partial charge on any atom is 0.119 e. The molecular weight excluding hydrogens is 226 g/mol. The van der Waals surface area contributed by atoms with Crippen LogP contribution in [0.15, 0.2) is 30.3 Å². The van der Waals surface area contributed by atoms with E-state index in [1.54, 1.807) is 0 Å². The minimum atomic E-state index is 0.546. The molecule has 0 bridgehead atoms. The van der Waals surface area contributed by atoms with E-state index in [0.717, 1.165) is 38.5 Å². The highest BCUT2D eigenvalue weighted by molar-refractivity contribution is 5.20. The Kier molecular flexibility index (Phi) is 5.49. The smallest absolute Gasteiger partial charge is 0.119 e. The molecule has 3 heteroatoms. The third-order valence-electron chi connectivity index (χ3n) is 3.47. The van der Waals surface area contributed by atoms with Crippen molar-refractivity contribution in [3.05, 3.63) is 30.3 Å². The van der Waals surface area contributed by atoms with Crippen LogP contribution in [0.2, 0.25) is 0 Å². The van der Waals surface area contributed by atoms with E-state index in [4.69, 9.17) is 9.47 Å². The van der Waals surface area contributed by atoms with E-state index in [0.29, 0.717) is 12.0 Å². The van der Waals surface area contributed by atoms with Gasteiger partial charge in [-0.1, -0.05) is 18.2 Å². The summed E-state index contributed by atoms with van der Waals surface area (Å²) in [4.78, 5) is 0. The summed E-state index contributed by atoms with van der Waals surface area (Å²) in [5.74, 6) is 1.63. The molecule has 1 aliphatic heterocycles. The predicted molar refractivity (Wildman–Crippen MR) is 72.9 cm³/mol. The van der Waals surface area contributed by atoms with Crippen LogP contribution in [0.25, 0.3) is 0 Å². The molecule has 1 aromatic rings. The minimum Gasteiger partial charge on any atom is -0.494 e. The lowest BCUT2D eigenvalue weighted by Gasteiger charge is -2.19. The Labute approximate surface area is 109 Å². The summed E-state index contributed by atoms with van der Waals surface area (Å²) in [7, 11) is 0. The monoisotopic (exact) mass is 249 g/mol. The summed E-state index contributed by atoms with van der Waals surface area (Å²) < 4.78 is 11.0. The van der Waals surface area contributed by atoms with Crippen LogP contribution in [0.1, 0.15) is 19.8 Å². The van der Waals surface area contributed by atoms with E-state index in [9.17, 15) is 0 Å². The van der Waals surface area contributed by atoms with Gasteiger partial charge in [-0.25, -0.2) is 0 Å². The van der Waals surface area contributed by atoms with Gasteiger partial charge in [0.25, 0.3) is 0 Å². The van der Waals surface area contributed by atoms with Crippen molar-refractivity contribution in [1.82, 2.24) is 5.32 Å². The summed E-state index contributed by atoms with van der Waals surface area (Å²) in [5, 5.41) is 3.55. The predicted octanol–water partition coefficient (Wildman–Crippen LogP) is 2.47. The van der Waals surface area contributed by atoms with E-state index >= 15 is 0 Å². The lowest BCUT2D eigenvalue weighted by atomic mass is 10.0. The molecule has 100 valence electrons. The largest absolute Gasteiger partial charge is 0.494 e. The highest BCUT2D eigenvalue weighted by atomic mass is 16.5. The van der Waals surface area contributed by atoms with Crippen LogP contribution in [-0.4, -0.2) is 32.4 Å². The molecule has 1 heterocycles. The molecule has 2 rings (SSSR count). The fraction of sp³-hybridized carbons (Fsp3) is 0.600. The molecule has 0 amide bonds. The fourth-order valence-corrected chi connectivity index (χ4v) is 2.22. The minimum absolute atomic E-state index is 0.546. The first-order valence-corrected chi connectivity index (χ1v) is 6.85. The van der Waals surface area contributed by atoms with Crippen molar-refractivity contribution in [3.8, 4) is 5.75 Å². The normalized spacial score (nSPS) is 20.8. The van der Waals surface area contributed by atoms with Crippen LogP contribution in [0.4, 0.5) is 0 Å². The van der Waals surface area contributed by atoms with Crippen molar-refractivity contribution in [2.24, 2.45) is 5.92 Å². The Morgan fingerprint density at radius 1 is 1.39 bits per heavy atom. The van der Waals surface area contributed by atoms with Gasteiger partial charge in [-0.15, -0.1) is 0 Å². The lowest BCUT2D eigenvalue weighted by molar-refractivity contribution is 0.178. The van der Waals surface area contributed by atoms with Crippen molar-refractivity contribution < 1.29 is 9.47 Å². The molecule has 0 radical (unpaired) electrons. The van der Waals surface area contributed by atoms with E-state index < -0.39 is 0 Å². The highest BCUT2D eigenvalue weighted by Gasteiger charge is 2.21.